The molecule has 2 aromatic carbocycles. The van der Waals surface area contributed by atoms with Crippen molar-refractivity contribution in [1.29, 1.82) is 0 Å². The smallest absolute Gasteiger partial charge is 0.268 e. The van der Waals surface area contributed by atoms with Crippen LogP contribution in [0.1, 0.15) is 53.5 Å². The standard InChI is InChI=1S/C27H31N5O3/c1-19-7-9-20(10-8-19)4-2-5-25(33)30-22-12-11-21-13-15-31(24(21)16-22)14-3-6-26(34)32-17-23(27(28)35)29-18-32/h7-13,15-18,26,34H,2-6,14H2,1H3,(H2,28,35)(H,30,33)/t26-/m1/s1. The molecule has 2 amide bonds. The largest absolute Gasteiger partial charge is 0.373 e. The SMILES string of the molecule is Cc1ccc(CCCC(=O)Nc2ccc3ccn(CCC[C@@H](O)n4cnc(C(N)=O)c4)c3c2)cc1. The van der Waals surface area contributed by atoms with Crippen LogP contribution in [0.4, 0.5) is 5.69 Å². The molecule has 4 aromatic rings. The Hall–Kier alpha value is -3.91. The van der Waals surface area contributed by atoms with Crippen molar-refractivity contribution in [1.82, 2.24) is 14.1 Å². The van der Waals surface area contributed by atoms with Crippen LogP contribution in [-0.4, -0.2) is 31.0 Å². The molecule has 0 bridgehead atoms. The second kappa shape index (κ2) is 11.0. The van der Waals surface area contributed by atoms with Gasteiger partial charge in [-0.3, -0.25) is 9.59 Å². The summed E-state index contributed by atoms with van der Waals surface area (Å²) in [7, 11) is 0. The highest BCUT2D eigenvalue weighted by Crippen LogP contribution is 2.22. The zero-order valence-electron chi connectivity index (χ0n) is 19.9. The number of aromatic nitrogens is 3. The number of imidazole rings is 1. The Bertz CT molecular complexity index is 1310. The van der Waals surface area contributed by atoms with Gasteiger partial charge in [0.2, 0.25) is 5.91 Å². The first-order chi connectivity index (χ1) is 16.9. The number of aryl methyl sites for hydroxylation is 3. The molecular formula is C27H31N5O3. The van der Waals surface area contributed by atoms with E-state index in [-0.39, 0.29) is 11.6 Å². The average Bonchev–Trinajstić information content (AvgIpc) is 3.48. The number of nitrogens with zero attached hydrogens (tertiary/aromatic N) is 3. The highest BCUT2D eigenvalue weighted by molar-refractivity contribution is 5.93. The van der Waals surface area contributed by atoms with Crippen molar-refractivity contribution in [2.24, 2.45) is 5.73 Å². The van der Waals surface area contributed by atoms with Gasteiger partial charge in [0.05, 0.1) is 11.8 Å². The van der Waals surface area contributed by atoms with Crippen LogP contribution in [0.3, 0.4) is 0 Å². The number of fused-ring (bicyclic) bond motifs is 1. The van der Waals surface area contributed by atoms with E-state index in [2.05, 4.69) is 46.1 Å². The molecule has 8 heteroatoms. The number of aliphatic hydroxyl groups excluding tert-OH is 1. The number of hydrogen-bond donors (Lipinski definition) is 3. The summed E-state index contributed by atoms with van der Waals surface area (Å²) in [6.45, 7) is 2.77. The lowest BCUT2D eigenvalue weighted by Gasteiger charge is -2.13. The van der Waals surface area contributed by atoms with E-state index >= 15 is 0 Å². The maximum atomic E-state index is 12.5. The van der Waals surface area contributed by atoms with Gasteiger partial charge in [0, 0.05) is 31.0 Å². The first kappa shape index (κ1) is 24.2. The van der Waals surface area contributed by atoms with Gasteiger partial charge in [-0.25, -0.2) is 4.98 Å². The summed E-state index contributed by atoms with van der Waals surface area (Å²) in [4.78, 5) is 27.5. The van der Waals surface area contributed by atoms with Crippen molar-refractivity contribution < 1.29 is 14.7 Å². The van der Waals surface area contributed by atoms with Gasteiger partial charge in [-0.1, -0.05) is 35.9 Å². The van der Waals surface area contributed by atoms with E-state index < -0.39 is 12.1 Å². The molecule has 8 nitrogen and oxygen atoms in total. The van der Waals surface area contributed by atoms with Crippen molar-refractivity contribution in [3.8, 4) is 0 Å². The number of amides is 2. The van der Waals surface area contributed by atoms with Gasteiger partial charge in [0.25, 0.3) is 5.91 Å². The van der Waals surface area contributed by atoms with Gasteiger partial charge < -0.3 is 25.3 Å². The maximum Gasteiger partial charge on any atom is 0.268 e. The minimum absolute atomic E-state index is 0.00773. The molecule has 0 radical (unpaired) electrons. The number of benzene rings is 2. The van der Waals surface area contributed by atoms with Crippen LogP contribution in [0.2, 0.25) is 0 Å². The third-order valence-corrected chi connectivity index (χ3v) is 6.11. The number of carbonyl (C=O) groups excluding carboxylic acids is 2. The van der Waals surface area contributed by atoms with Crippen LogP contribution in [-0.2, 0) is 17.8 Å². The highest BCUT2D eigenvalue weighted by Gasteiger charge is 2.11. The number of nitrogens with two attached hydrogens (primary N) is 1. The molecule has 2 heterocycles. The first-order valence-electron chi connectivity index (χ1n) is 11.8. The topological polar surface area (TPSA) is 115 Å². The molecular weight excluding hydrogens is 442 g/mol. The second-order valence-corrected chi connectivity index (χ2v) is 8.86. The Morgan fingerprint density at radius 1 is 1.11 bits per heavy atom. The van der Waals surface area contributed by atoms with Crippen LogP contribution in [0.15, 0.2) is 67.3 Å². The number of hydrogen-bond acceptors (Lipinski definition) is 4. The minimum Gasteiger partial charge on any atom is -0.373 e. The van der Waals surface area contributed by atoms with E-state index in [1.165, 1.54) is 28.2 Å². The summed E-state index contributed by atoms with van der Waals surface area (Å²) < 4.78 is 3.60. The Morgan fingerprint density at radius 3 is 2.66 bits per heavy atom. The normalized spacial score (nSPS) is 12.1. The summed E-state index contributed by atoms with van der Waals surface area (Å²) in [6, 6.07) is 16.4. The third-order valence-electron chi connectivity index (χ3n) is 6.11. The molecule has 0 unspecified atom stereocenters. The number of anilines is 1. The molecule has 4 rings (SSSR count). The van der Waals surface area contributed by atoms with Crippen LogP contribution in [0.5, 0.6) is 0 Å². The van der Waals surface area contributed by atoms with E-state index in [1.54, 1.807) is 0 Å². The summed E-state index contributed by atoms with van der Waals surface area (Å²) >= 11 is 0. The monoisotopic (exact) mass is 473 g/mol. The fourth-order valence-electron chi connectivity index (χ4n) is 4.11. The van der Waals surface area contributed by atoms with Crippen molar-refractivity contribution in [3.05, 3.63) is 84.1 Å². The van der Waals surface area contributed by atoms with E-state index in [0.717, 1.165) is 29.4 Å². The van der Waals surface area contributed by atoms with Crippen molar-refractivity contribution in [3.63, 3.8) is 0 Å². The van der Waals surface area contributed by atoms with Gasteiger partial charge >= 0.3 is 0 Å². The van der Waals surface area contributed by atoms with E-state index in [4.69, 9.17) is 5.73 Å². The van der Waals surface area contributed by atoms with E-state index in [1.807, 2.05) is 30.5 Å². The molecule has 0 aliphatic heterocycles. The second-order valence-electron chi connectivity index (χ2n) is 8.86. The number of carbonyl (C=O) groups is 2. The Labute approximate surface area is 204 Å². The lowest BCUT2D eigenvalue weighted by atomic mass is 10.1. The number of nitrogens with one attached hydrogen (secondary N) is 1. The van der Waals surface area contributed by atoms with Gasteiger partial charge in [-0.05, 0) is 61.8 Å². The molecule has 0 saturated carbocycles. The lowest BCUT2D eigenvalue weighted by Crippen LogP contribution is -2.12. The molecule has 1 atom stereocenters. The van der Waals surface area contributed by atoms with Crippen molar-refractivity contribution in [2.75, 3.05) is 5.32 Å². The Morgan fingerprint density at radius 2 is 1.91 bits per heavy atom. The van der Waals surface area contributed by atoms with Gasteiger partial charge in [-0.2, -0.15) is 0 Å². The van der Waals surface area contributed by atoms with Crippen LogP contribution in [0, 0.1) is 6.92 Å². The summed E-state index contributed by atoms with van der Waals surface area (Å²) in [6.07, 6.45) is 7.43. The fraction of sp³-hybridized carbons (Fsp3) is 0.296. The third kappa shape index (κ3) is 6.36. The molecule has 0 saturated heterocycles. The zero-order valence-corrected chi connectivity index (χ0v) is 19.9. The maximum absolute atomic E-state index is 12.5. The average molecular weight is 474 g/mol. The van der Waals surface area contributed by atoms with E-state index in [0.29, 0.717) is 25.8 Å². The molecule has 0 aliphatic rings. The zero-order chi connectivity index (χ0) is 24.8. The predicted molar refractivity (Wildman–Crippen MR) is 136 cm³/mol. The molecule has 35 heavy (non-hydrogen) atoms. The van der Waals surface area contributed by atoms with Crippen LogP contribution >= 0.6 is 0 Å². The molecule has 0 spiro atoms. The van der Waals surface area contributed by atoms with Crippen LogP contribution in [0.25, 0.3) is 10.9 Å². The summed E-state index contributed by atoms with van der Waals surface area (Å²) in [5.41, 5.74) is 9.62. The number of aliphatic hydroxyl groups is 1. The van der Waals surface area contributed by atoms with Gasteiger partial charge in [0.1, 0.15) is 11.9 Å². The predicted octanol–water partition coefficient (Wildman–Crippen LogP) is 4.18. The van der Waals surface area contributed by atoms with Crippen LogP contribution < -0.4 is 11.1 Å². The molecule has 0 aliphatic carbocycles. The Kier molecular flexibility index (Phi) is 7.62. The van der Waals surface area contributed by atoms with Gasteiger partial charge in [0.15, 0.2) is 0 Å². The minimum atomic E-state index is -0.785. The summed E-state index contributed by atoms with van der Waals surface area (Å²) in [5.74, 6) is -0.614. The fourth-order valence-corrected chi connectivity index (χ4v) is 4.11. The first-order valence-corrected chi connectivity index (χ1v) is 11.8. The van der Waals surface area contributed by atoms with Gasteiger partial charge in [-0.15, -0.1) is 0 Å². The van der Waals surface area contributed by atoms with Crippen molar-refractivity contribution in [2.45, 2.75) is 51.8 Å². The molecule has 0 fully saturated rings. The summed E-state index contributed by atoms with van der Waals surface area (Å²) in [5, 5.41) is 14.5. The molecule has 4 N–H and O–H groups in total. The molecule has 182 valence electrons. The number of rotatable bonds is 11. The Balaban J connectivity index is 1.29. The lowest BCUT2D eigenvalue weighted by molar-refractivity contribution is -0.116. The highest BCUT2D eigenvalue weighted by atomic mass is 16.3. The van der Waals surface area contributed by atoms with Crippen molar-refractivity contribution >= 4 is 28.4 Å². The number of primary amides is 1. The molecule has 2 aromatic heterocycles. The quantitative estimate of drug-likeness (QED) is 0.303. The van der Waals surface area contributed by atoms with E-state index in [9.17, 15) is 14.7 Å².